The van der Waals surface area contributed by atoms with E-state index < -0.39 is 11.7 Å². The third kappa shape index (κ3) is 3.75. The Morgan fingerprint density at radius 3 is 2.93 bits per heavy atom. The summed E-state index contributed by atoms with van der Waals surface area (Å²) >= 11 is 0. The van der Waals surface area contributed by atoms with Gasteiger partial charge in [0.25, 0.3) is 5.91 Å². The molecular weight excluding hydrogens is 382 g/mol. The van der Waals surface area contributed by atoms with Crippen LogP contribution in [0.25, 0.3) is 0 Å². The van der Waals surface area contributed by atoms with Gasteiger partial charge in [-0.2, -0.15) is 0 Å². The van der Waals surface area contributed by atoms with Gasteiger partial charge in [0, 0.05) is 44.8 Å². The fourth-order valence-corrected chi connectivity index (χ4v) is 4.89. The number of imidazole rings is 1. The van der Waals surface area contributed by atoms with Crippen LogP contribution in [-0.4, -0.2) is 64.3 Å². The number of hydrogen-bond donors (Lipinski definition) is 1. The minimum atomic E-state index is -0.555. The third-order valence-corrected chi connectivity index (χ3v) is 6.61. The number of likely N-dealkylation sites (tertiary alicyclic amines) is 1. The highest BCUT2D eigenvalue weighted by atomic mass is 16.5. The van der Waals surface area contributed by atoms with E-state index >= 15 is 0 Å². The minimum absolute atomic E-state index is 0.129. The number of nitrogens with one attached hydrogen (secondary N) is 1. The summed E-state index contributed by atoms with van der Waals surface area (Å²) in [5, 5.41) is 3.00. The fourth-order valence-electron chi connectivity index (χ4n) is 4.89. The summed E-state index contributed by atoms with van der Waals surface area (Å²) < 4.78 is 14.1. The molecule has 0 bridgehead atoms. The number of nitrogens with zero attached hydrogens (tertiary/aromatic N) is 4. The number of fused-ring (bicyclic) bond motifs is 2. The Morgan fingerprint density at radius 2 is 2.17 bits per heavy atom. The predicted octanol–water partition coefficient (Wildman–Crippen LogP) is 1.95. The molecule has 0 aliphatic carbocycles. The van der Waals surface area contributed by atoms with E-state index in [4.69, 9.17) is 9.47 Å². The molecule has 5 heterocycles. The Morgan fingerprint density at radius 1 is 1.30 bits per heavy atom. The molecule has 5 rings (SSSR count). The van der Waals surface area contributed by atoms with Crippen molar-refractivity contribution in [2.45, 2.75) is 44.4 Å². The van der Waals surface area contributed by atoms with Crippen LogP contribution in [0.4, 0.5) is 5.69 Å². The smallest absolute Gasteiger partial charge is 0.255 e. The molecule has 8 heteroatoms. The third-order valence-electron chi connectivity index (χ3n) is 6.61. The standard InChI is InChI=1S/C22H29N5O3/c1-16-18(3-2-7-23-16)25-20(28)19-14-27-11-8-24-21(27)22(30-19)5-9-26(10-6-22)13-17-4-12-29-15-17/h2-3,7-8,11,17,19H,4-6,9-10,12-15H2,1H3,(H,25,28). The number of ether oxygens (including phenoxy) is 2. The van der Waals surface area contributed by atoms with Crippen molar-refractivity contribution in [1.82, 2.24) is 19.4 Å². The molecule has 1 amide bonds. The lowest BCUT2D eigenvalue weighted by atomic mass is 9.88. The first-order chi connectivity index (χ1) is 14.6. The topological polar surface area (TPSA) is 81.5 Å². The van der Waals surface area contributed by atoms with Crippen LogP contribution in [0.2, 0.25) is 0 Å². The number of carbonyl (C=O) groups excluding carboxylic acids is 1. The number of pyridine rings is 1. The van der Waals surface area contributed by atoms with Crippen molar-refractivity contribution < 1.29 is 14.3 Å². The maximum absolute atomic E-state index is 13.0. The summed E-state index contributed by atoms with van der Waals surface area (Å²) in [6.45, 7) is 7.09. The zero-order chi connectivity index (χ0) is 20.6. The Hall–Kier alpha value is -2.29. The number of aryl methyl sites for hydroxylation is 1. The largest absolute Gasteiger partial charge is 0.381 e. The van der Waals surface area contributed by atoms with Crippen LogP contribution < -0.4 is 5.32 Å². The first kappa shape index (κ1) is 19.7. The van der Waals surface area contributed by atoms with Gasteiger partial charge in [0.05, 0.1) is 24.5 Å². The fraction of sp³-hybridized carbons (Fsp3) is 0.591. The zero-order valence-corrected chi connectivity index (χ0v) is 17.4. The SMILES string of the molecule is Cc1ncccc1NC(=O)C1Cn2ccnc2C2(CCN(CC3CCOC3)CC2)O1. The lowest BCUT2D eigenvalue weighted by Crippen LogP contribution is -2.53. The lowest BCUT2D eigenvalue weighted by molar-refractivity contribution is -0.170. The average Bonchev–Trinajstić information content (AvgIpc) is 3.44. The molecule has 2 atom stereocenters. The maximum atomic E-state index is 13.0. The highest BCUT2D eigenvalue weighted by molar-refractivity contribution is 5.94. The van der Waals surface area contributed by atoms with E-state index in [9.17, 15) is 4.79 Å². The van der Waals surface area contributed by atoms with Crippen LogP contribution >= 0.6 is 0 Å². The number of hydrogen-bond acceptors (Lipinski definition) is 6. The van der Waals surface area contributed by atoms with Gasteiger partial charge in [0.1, 0.15) is 11.4 Å². The molecule has 1 N–H and O–H groups in total. The highest BCUT2D eigenvalue weighted by Gasteiger charge is 2.47. The number of piperidine rings is 1. The second kappa shape index (κ2) is 8.09. The van der Waals surface area contributed by atoms with Crippen LogP contribution in [-0.2, 0) is 26.4 Å². The van der Waals surface area contributed by atoms with Crippen molar-refractivity contribution in [3.05, 3.63) is 42.2 Å². The number of anilines is 1. The van der Waals surface area contributed by atoms with E-state index in [-0.39, 0.29) is 5.91 Å². The molecule has 2 aromatic heterocycles. The summed E-state index contributed by atoms with van der Waals surface area (Å²) in [5.74, 6) is 1.46. The van der Waals surface area contributed by atoms with E-state index in [0.717, 1.165) is 69.3 Å². The van der Waals surface area contributed by atoms with Crippen LogP contribution in [0.1, 0.15) is 30.8 Å². The molecule has 30 heavy (non-hydrogen) atoms. The number of aromatic nitrogens is 3. The molecule has 0 saturated carbocycles. The monoisotopic (exact) mass is 411 g/mol. The van der Waals surface area contributed by atoms with Crippen LogP contribution in [0.5, 0.6) is 0 Å². The normalized spacial score (nSPS) is 25.9. The Bertz CT molecular complexity index is 900. The van der Waals surface area contributed by atoms with Crippen molar-refractivity contribution in [1.29, 1.82) is 0 Å². The minimum Gasteiger partial charge on any atom is -0.381 e. The van der Waals surface area contributed by atoms with Gasteiger partial charge in [-0.05, 0) is 44.2 Å². The summed E-state index contributed by atoms with van der Waals surface area (Å²) in [4.78, 5) is 24.4. The molecule has 2 aromatic rings. The first-order valence-corrected chi connectivity index (χ1v) is 10.8. The number of rotatable bonds is 4. The van der Waals surface area contributed by atoms with E-state index in [1.165, 1.54) is 0 Å². The van der Waals surface area contributed by atoms with Crippen molar-refractivity contribution >= 4 is 11.6 Å². The molecule has 3 aliphatic rings. The molecule has 0 aromatic carbocycles. The summed E-state index contributed by atoms with van der Waals surface area (Å²) in [6, 6.07) is 3.69. The lowest BCUT2D eigenvalue weighted by Gasteiger charge is -2.45. The number of amides is 1. The van der Waals surface area contributed by atoms with Gasteiger partial charge in [-0.15, -0.1) is 0 Å². The van der Waals surface area contributed by atoms with E-state index in [1.54, 1.807) is 6.20 Å². The zero-order valence-electron chi connectivity index (χ0n) is 17.4. The highest BCUT2D eigenvalue weighted by Crippen LogP contribution is 2.40. The Balaban J connectivity index is 1.29. The van der Waals surface area contributed by atoms with Crippen LogP contribution in [0.15, 0.2) is 30.7 Å². The van der Waals surface area contributed by atoms with E-state index in [0.29, 0.717) is 12.5 Å². The molecule has 2 saturated heterocycles. The van der Waals surface area contributed by atoms with Crippen LogP contribution in [0.3, 0.4) is 0 Å². The molecule has 0 radical (unpaired) electrons. The van der Waals surface area contributed by atoms with Crippen molar-refractivity contribution in [3.8, 4) is 0 Å². The Labute approximate surface area is 176 Å². The second-order valence-electron chi connectivity index (χ2n) is 8.66. The molecule has 160 valence electrons. The second-order valence-corrected chi connectivity index (χ2v) is 8.66. The van der Waals surface area contributed by atoms with Crippen molar-refractivity contribution in [2.24, 2.45) is 5.92 Å². The first-order valence-electron chi connectivity index (χ1n) is 10.8. The quantitative estimate of drug-likeness (QED) is 0.828. The summed E-state index contributed by atoms with van der Waals surface area (Å²) in [5.41, 5.74) is 1.02. The summed E-state index contributed by atoms with van der Waals surface area (Å²) in [7, 11) is 0. The van der Waals surface area contributed by atoms with Gasteiger partial charge in [-0.25, -0.2) is 4.98 Å². The van der Waals surface area contributed by atoms with Gasteiger partial charge in [0.15, 0.2) is 6.10 Å². The van der Waals surface area contributed by atoms with Gasteiger partial charge in [-0.3, -0.25) is 9.78 Å². The predicted molar refractivity (Wildman–Crippen MR) is 111 cm³/mol. The molecule has 8 nitrogen and oxygen atoms in total. The maximum Gasteiger partial charge on any atom is 0.255 e. The van der Waals surface area contributed by atoms with Gasteiger partial charge >= 0.3 is 0 Å². The van der Waals surface area contributed by atoms with E-state index in [1.807, 2.05) is 31.5 Å². The Kier molecular flexibility index (Phi) is 5.30. The number of carbonyl (C=O) groups is 1. The molecular formula is C22H29N5O3. The van der Waals surface area contributed by atoms with Crippen LogP contribution in [0, 0.1) is 12.8 Å². The molecule has 3 aliphatic heterocycles. The van der Waals surface area contributed by atoms with Gasteiger partial charge in [0.2, 0.25) is 0 Å². The van der Waals surface area contributed by atoms with E-state index in [2.05, 4.69) is 24.8 Å². The van der Waals surface area contributed by atoms with Gasteiger partial charge < -0.3 is 24.3 Å². The van der Waals surface area contributed by atoms with Crippen molar-refractivity contribution in [2.75, 3.05) is 38.2 Å². The average molecular weight is 412 g/mol. The van der Waals surface area contributed by atoms with Crippen molar-refractivity contribution in [3.63, 3.8) is 0 Å². The summed E-state index contributed by atoms with van der Waals surface area (Å²) in [6.07, 6.45) is 7.77. The van der Waals surface area contributed by atoms with Gasteiger partial charge in [-0.1, -0.05) is 0 Å². The molecule has 1 spiro atoms. The molecule has 2 fully saturated rings. The molecule has 2 unspecified atom stereocenters.